The number of nitrogens with zero attached hydrogens (tertiary/aromatic N) is 2. The lowest BCUT2D eigenvalue weighted by Gasteiger charge is -2.09. The number of nitrogens with one attached hydrogen (secondary N) is 1. The Morgan fingerprint density at radius 1 is 0.833 bits per heavy atom. The van der Waals surface area contributed by atoms with E-state index in [0.717, 1.165) is 44.7 Å². The molecule has 144 valence electrons. The second kappa shape index (κ2) is 7.64. The Balaban J connectivity index is 1.77. The van der Waals surface area contributed by atoms with Crippen LogP contribution in [0.2, 0.25) is 0 Å². The van der Waals surface area contributed by atoms with Gasteiger partial charge in [0.25, 0.3) is 6.47 Å². The Bertz CT molecular complexity index is 1330. The SMILES string of the molecule is O=COc1ccc2cccc(-c3[nH]c(-c4ccccc4)nc3-c3ccncc3)c2c1. The molecule has 0 aliphatic rings. The van der Waals surface area contributed by atoms with Crippen molar-refractivity contribution in [3.8, 4) is 39.7 Å². The van der Waals surface area contributed by atoms with Crippen molar-refractivity contribution in [3.63, 3.8) is 0 Å². The predicted octanol–water partition coefficient (Wildman–Crippen LogP) is 5.49. The van der Waals surface area contributed by atoms with Gasteiger partial charge in [-0.25, -0.2) is 4.98 Å². The van der Waals surface area contributed by atoms with Crippen molar-refractivity contribution in [2.24, 2.45) is 0 Å². The molecule has 5 nitrogen and oxygen atoms in total. The van der Waals surface area contributed by atoms with Crippen LogP contribution in [0.4, 0.5) is 0 Å². The van der Waals surface area contributed by atoms with E-state index in [0.29, 0.717) is 12.2 Å². The molecule has 2 aromatic heterocycles. The maximum atomic E-state index is 10.8. The third kappa shape index (κ3) is 3.22. The standard InChI is InChI=1S/C25H17N3O2/c29-16-30-20-10-9-17-7-4-8-21(22(17)15-20)24-23(18-11-13-26-14-12-18)27-25(28-24)19-5-2-1-3-6-19/h1-16H,(H,27,28). The number of carbonyl (C=O) groups excluding carboxylic acids is 1. The molecule has 0 radical (unpaired) electrons. The lowest BCUT2D eigenvalue weighted by molar-refractivity contribution is -0.120. The molecule has 0 unspecified atom stereocenters. The normalized spacial score (nSPS) is 10.8. The van der Waals surface area contributed by atoms with E-state index in [2.05, 4.69) is 9.97 Å². The minimum absolute atomic E-state index is 0.440. The minimum atomic E-state index is 0.440. The topological polar surface area (TPSA) is 67.9 Å². The van der Waals surface area contributed by atoms with Crippen LogP contribution in [0.5, 0.6) is 5.75 Å². The molecule has 30 heavy (non-hydrogen) atoms. The van der Waals surface area contributed by atoms with Crippen molar-refractivity contribution >= 4 is 17.2 Å². The molecular weight excluding hydrogens is 374 g/mol. The summed E-state index contributed by atoms with van der Waals surface area (Å²) in [6, 6.07) is 25.6. The molecular formula is C25H17N3O2. The minimum Gasteiger partial charge on any atom is -0.429 e. The van der Waals surface area contributed by atoms with Gasteiger partial charge in [-0.15, -0.1) is 0 Å². The first-order chi connectivity index (χ1) is 14.8. The van der Waals surface area contributed by atoms with Crippen LogP contribution in [0.25, 0.3) is 44.7 Å². The van der Waals surface area contributed by atoms with Crippen LogP contribution in [0.15, 0.2) is 91.3 Å². The number of H-pyrrole nitrogens is 1. The summed E-state index contributed by atoms with van der Waals surface area (Å²) in [6.07, 6.45) is 3.52. The first-order valence-electron chi connectivity index (χ1n) is 9.53. The zero-order chi connectivity index (χ0) is 20.3. The molecule has 0 atom stereocenters. The third-order valence-electron chi connectivity index (χ3n) is 5.01. The van der Waals surface area contributed by atoms with Gasteiger partial charge >= 0.3 is 0 Å². The molecule has 0 aliphatic carbocycles. The van der Waals surface area contributed by atoms with E-state index in [4.69, 9.17) is 9.72 Å². The van der Waals surface area contributed by atoms with Crippen LogP contribution in [-0.4, -0.2) is 21.4 Å². The highest BCUT2D eigenvalue weighted by molar-refractivity contribution is 6.00. The lowest BCUT2D eigenvalue weighted by Crippen LogP contribution is -1.90. The first kappa shape index (κ1) is 17.8. The van der Waals surface area contributed by atoms with Crippen molar-refractivity contribution in [2.45, 2.75) is 0 Å². The molecule has 3 aromatic carbocycles. The van der Waals surface area contributed by atoms with Crippen molar-refractivity contribution in [1.29, 1.82) is 0 Å². The number of rotatable bonds is 5. The van der Waals surface area contributed by atoms with E-state index in [1.54, 1.807) is 18.5 Å². The fraction of sp³-hybridized carbons (Fsp3) is 0. The van der Waals surface area contributed by atoms with Crippen LogP contribution < -0.4 is 4.74 Å². The van der Waals surface area contributed by atoms with E-state index in [1.165, 1.54) is 0 Å². The van der Waals surface area contributed by atoms with Crippen LogP contribution in [0.1, 0.15) is 0 Å². The van der Waals surface area contributed by atoms with Gasteiger partial charge in [0.15, 0.2) is 0 Å². The van der Waals surface area contributed by atoms with Crippen LogP contribution in [-0.2, 0) is 4.79 Å². The molecule has 0 spiro atoms. The number of imidazole rings is 1. The summed E-state index contributed by atoms with van der Waals surface area (Å²) in [5.41, 5.74) is 4.68. The highest BCUT2D eigenvalue weighted by Gasteiger charge is 2.17. The first-order valence-corrected chi connectivity index (χ1v) is 9.53. The smallest absolute Gasteiger partial charge is 0.298 e. The van der Waals surface area contributed by atoms with E-state index in [-0.39, 0.29) is 0 Å². The number of fused-ring (bicyclic) bond motifs is 1. The van der Waals surface area contributed by atoms with Crippen molar-refractivity contribution < 1.29 is 9.53 Å². The Kier molecular flexibility index (Phi) is 4.54. The van der Waals surface area contributed by atoms with Gasteiger partial charge in [0.05, 0.1) is 11.4 Å². The van der Waals surface area contributed by atoms with Gasteiger partial charge in [-0.05, 0) is 35.0 Å². The van der Waals surface area contributed by atoms with Gasteiger partial charge in [-0.1, -0.05) is 54.6 Å². The molecule has 0 fully saturated rings. The maximum absolute atomic E-state index is 10.8. The molecule has 0 saturated carbocycles. The molecule has 5 aromatic rings. The zero-order valence-corrected chi connectivity index (χ0v) is 15.9. The molecule has 0 saturated heterocycles. The predicted molar refractivity (Wildman–Crippen MR) is 117 cm³/mol. The van der Waals surface area contributed by atoms with Gasteiger partial charge in [-0.2, -0.15) is 0 Å². The fourth-order valence-corrected chi connectivity index (χ4v) is 3.62. The average molecular weight is 391 g/mol. The van der Waals surface area contributed by atoms with Gasteiger partial charge < -0.3 is 9.72 Å². The number of hydrogen-bond acceptors (Lipinski definition) is 4. The molecule has 0 amide bonds. The molecule has 2 heterocycles. The Hall–Kier alpha value is -4.25. The summed E-state index contributed by atoms with van der Waals surface area (Å²) in [7, 11) is 0. The Morgan fingerprint density at radius 3 is 2.47 bits per heavy atom. The van der Waals surface area contributed by atoms with Gasteiger partial charge in [0, 0.05) is 29.1 Å². The Morgan fingerprint density at radius 2 is 1.67 bits per heavy atom. The number of ether oxygens (including phenoxy) is 1. The summed E-state index contributed by atoms with van der Waals surface area (Å²) in [4.78, 5) is 23.4. The Labute approximate surface area is 173 Å². The number of aromatic nitrogens is 3. The highest BCUT2D eigenvalue weighted by Crippen LogP contribution is 2.37. The van der Waals surface area contributed by atoms with Crippen molar-refractivity contribution in [1.82, 2.24) is 15.0 Å². The number of carbonyl (C=O) groups is 1. The lowest BCUT2D eigenvalue weighted by atomic mass is 9.99. The molecule has 1 N–H and O–H groups in total. The van der Waals surface area contributed by atoms with Gasteiger partial charge in [-0.3, -0.25) is 9.78 Å². The van der Waals surface area contributed by atoms with E-state index >= 15 is 0 Å². The summed E-state index contributed by atoms with van der Waals surface area (Å²) >= 11 is 0. The van der Waals surface area contributed by atoms with E-state index < -0.39 is 0 Å². The van der Waals surface area contributed by atoms with Crippen LogP contribution in [0, 0.1) is 0 Å². The van der Waals surface area contributed by atoms with Crippen LogP contribution >= 0.6 is 0 Å². The summed E-state index contributed by atoms with van der Waals surface area (Å²) < 4.78 is 5.08. The van der Waals surface area contributed by atoms with Gasteiger partial charge in [0.2, 0.25) is 0 Å². The quantitative estimate of drug-likeness (QED) is 0.402. The molecule has 5 rings (SSSR count). The third-order valence-corrected chi connectivity index (χ3v) is 5.01. The number of benzene rings is 3. The van der Waals surface area contributed by atoms with Gasteiger partial charge in [0.1, 0.15) is 11.6 Å². The number of hydrogen-bond donors (Lipinski definition) is 1. The largest absolute Gasteiger partial charge is 0.429 e. The van der Waals surface area contributed by atoms with E-state index in [9.17, 15) is 4.79 Å². The second-order valence-corrected chi connectivity index (χ2v) is 6.81. The fourth-order valence-electron chi connectivity index (χ4n) is 3.62. The number of aromatic amines is 1. The van der Waals surface area contributed by atoms with Crippen LogP contribution in [0.3, 0.4) is 0 Å². The summed E-state index contributed by atoms with van der Waals surface area (Å²) in [6.45, 7) is 0.440. The summed E-state index contributed by atoms with van der Waals surface area (Å²) in [5.74, 6) is 1.29. The number of pyridine rings is 1. The summed E-state index contributed by atoms with van der Waals surface area (Å²) in [5, 5.41) is 2.01. The molecule has 5 heteroatoms. The average Bonchev–Trinajstić information content (AvgIpc) is 3.25. The van der Waals surface area contributed by atoms with E-state index in [1.807, 2.05) is 72.8 Å². The van der Waals surface area contributed by atoms with Crippen molar-refractivity contribution in [2.75, 3.05) is 0 Å². The zero-order valence-electron chi connectivity index (χ0n) is 15.9. The molecule has 0 aliphatic heterocycles. The monoisotopic (exact) mass is 391 g/mol. The highest BCUT2D eigenvalue weighted by atomic mass is 16.5. The molecule has 0 bridgehead atoms. The maximum Gasteiger partial charge on any atom is 0.298 e. The van der Waals surface area contributed by atoms with Crippen molar-refractivity contribution in [3.05, 3.63) is 91.3 Å². The second-order valence-electron chi connectivity index (χ2n) is 6.81.